The maximum atomic E-state index is 9.42. The van der Waals surface area contributed by atoms with Gasteiger partial charge in [-0.25, -0.2) is 0 Å². The Kier molecular flexibility index (Phi) is 6.63. The van der Waals surface area contributed by atoms with E-state index in [4.69, 9.17) is 16.3 Å². The molecule has 2 N–H and O–H groups in total. The average Bonchev–Trinajstić information content (AvgIpc) is 2.31. The smallest absolute Gasteiger partial charge is 0.138 e. The second kappa shape index (κ2) is 7.73. The third-order valence-corrected chi connectivity index (χ3v) is 3.17. The standard InChI is InChI=1S/C15H24ClNO2/c1-10(2)8-17-9-13-5-6-15(14(16)7-13)19-12(4)11(3)18/h5-7,10-12,17-18H,8-9H2,1-4H3. The Hall–Kier alpha value is -0.770. The van der Waals surface area contributed by atoms with E-state index in [1.54, 1.807) is 6.92 Å². The molecule has 0 spiro atoms. The molecular formula is C15H24ClNO2. The van der Waals surface area contributed by atoms with Crippen molar-refractivity contribution in [1.29, 1.82) is 0 Å². The summed E-state index contributed by atoms with van der Waals surface area (Å²) in [6.07, 6.45) is -0.800. The minimum absolute atomic E-state index is 0.276. The zero-order chi connectivity index (χ0) is 14.4. The van der Waals surface area contributed by atoms with Gasteiger partial charge in [0.1, 0.15) is 11.9 Å². The molecular weight excluding hydrogens is 262 g/mol. The molecule has 0 aromatic heterocycles. The van der Waals surface area contributed by atoms with Gasteiger partial charge in [0.15, 0.2) is 0 Å². The van der Waals surface area contributed by atoms with E-state index in [-0.39, 0.29) is 6.10 Å². The van der Waals surface area contributed by atoms with Crippen molar-refractivity contribution in [3.63, 3.8) is 0 Å². The molecule has 0 aliphatic rings. The lowest BCUT2D eigenvalue weighted by Gasteiger charge is -2.18. The van der Waals surface area contributed by atoms with Crippen LogP contribution in [0, 0.1) is 5.92 Å². The fourth-order valence-corrected chi connectivity index (χ4v) is 1.80. The number of aliphatic hydroxyl groups excluding tert-OH is 1. The third-order valence-electron chi connectivity index (χ3n) is 2.87. The maximum absolute atomic E-state index is 9.42. The van der Waals surface area contributed by atoms with Crippen LogP contribution in [0.4, 0.5) is 0 Å². The van der Waals surface area contributed by atoms with Crippen LogP contribution in [-0.4, -0.2) is 23.9 Å². The van der Waals surface area contributed by atoms with Crippen molar-refractivity contribution in [1.82, 2.24) is 5.32 Å². The van der Waals surface area contributed by atoms with Gasteiger partial charge in [-0.15, -0.1) is 0 Å². The van der Waals surface area contributed by atoms with Crippen LogP contribution in [0.2, 0.25) is 5.02 Å². The molecule has 0 aliphatic carbocycles. The second-order valence-corrected chi connectivity index (χ2v) is 5.76. The summed E-state index contributed by atoms with van der Waals surface area (Å²) >= 11 is 6.19. The molecule has 0 bridgehead atoms. The topological polar surface area (TPSA) is 41.5 Å². The number of ether oxygens (including phenoxy) is 1. The first-order chi connectivity index (χ1) is 8.90. The van der Waals surface area contributed by atoms with Crippen molar-refractivity contribution in [3.05, 3.63) is 28.8 Å². The molecule has 2 atom stereocenters. The van der Waals surface area contributed by atoms with Crippen LogP contribution >= 0.6 is 11.6 Å². The third kappa shape index (κ3) is 5.81. The van der Waals surface area contributed by atoms with Crippen LogP contribution in [0.5, 0.6) is 5.75 Å². The van der Waals surface area contributed by atoms with E-state index in [0.717, 1.165) is 18.7 Å². The highest BCUT2D eigenvalue weighted by Crippen LogP contribution is 2.26. The summed E-state index contributed by atoms with van der Waals surface area (Å²) in [6.45, 7) is 9.64. The monoisotopic (exact) mass is 285 g/mol. The molecule has 2 unspecified atom stereocenters. The second-order valence-electron chi connectivity index (χ2n) is 5.35. The molecule has 0 heterocycles. The summed E-state index contributed by atoms with van der Waals surface area (Å²) in [7, 11) is 0. The normalized spacial score (nSPS) is 14.5. The highest BCUT2D eigenvalue weighted by Gasteiger charge is 2.12. The lowest BCUT2D eigenvalue weighted by molar-refractivity contribution is 0.0605. The van der Waals surface area contributed by atoms with E-state index < -0.39 is 6.10 Å². The van der Waals surface area contributed by atoms with Crippen LogP contribution in [0.1, 0.15) is 33.3 Å². The van der Waals surface area contributed by atoms with Crippen molar-refractivity contribution in [3.8, 4) is 5.75 Å². The van der Waals surface area contributed by atoms with E-state index >= 15 is 0 Å². The minimum Gasteiger partial charge on any atom is -0.486 e. The Morgan fingerprint density at radius 2 is 1.95 bits per heavy atom. The Bertz CT molecular complexity index is 394. The molecule has 0 saturated carbocycles. The summed E-state index contributed by atoms with van der Waals surface area (Å²) in [4.78, 5) is 0. The van der Waals surface area contributed by atoms with Gasteiger partial charge in [-0.1, -0.05) is 31.5 Å². The van der Waals surface area contributed by atoms with Crippen LogP contribution in [0.15, 0.2) is 18.2 Å². The lowest BCUT2D eigenvalue weighted by Crippen LogP contribution is -2.25. The van der Waals surface area contributed by atoms with Crippen molar-refractivity contribution >= 4 is 11.6 Å². The predicted octanol–water partition coefficient (Wildman–Crippen LogP) is 3.23. The van der Waals surface area contributed by atoms with Crippen molar-refractivity contribution < 1.29 is 9.84 Å². The van der Waals surface area contributed by atoms with E-state index in [0.29, 0.717) is 16.7 Å². The number of hydrogen-bond acceptors (Lipinski definition) is 3. The SMILES string of the molecule is CC(C)CNCc1ccc(OC(C)C(C)O)c(Cl)c1. The first-order valence-corrected chi connectivity index (χ1v) is 7.11. The molecule has 0 saturated heterocycles. The molecule has 0 fully saturated rings. The summed E-state index contributed by atoms with van der Waals surface area (Å²) in [6, 6.07) is 5.75. The maximum Gasteiger partial charge on any atom is 0.138 e. The molecule has 1 rings (SSSR count). The van der Waals surface area contributed by atoms with Crippen LogP contribution < -0.4 is 10.1 Å². The molecule has 108 valence electrons. The van der Waals surface area contributed by atoms with Gasteiger partial charge in [-0.3, -0.25) is 0 Å². The number of rotatable bonds is 7. The number of hydrogen-bond donors (Lipinski definition) is 2. The van der Waals surface area contributed by atoms with E-state index in [1.165, 1.54) is 0 Å². The van der Waals surface area contributed by atoms with E-state index in [9.17, 15) is 5.11 Å². The van der Waals surface area contributed by atoms with Crippen LogP contribution in [0.3, 0.4) is 0 Å². The minimum atomic E-state index is -0.525. The van der Waals surface area contributed by atoms with Gasteiger partial charge >= 0.3 is 0 Å². The van der Waals surface area contributed by atoms with E-state index in [2.05, 4.69) is 19.2 Å². The molecule has 1 aromatic carbocycles. The summed E-state index contributed by atoms with van der Waals surface area (Å²) in [5, 5.41) is 13.4. The summed E-state index contributed by atoms with van der Waals surface area (Å²) < 4.78 is 5.60. The number of aliphatic hydroxyl groups is 1. The number of nitrogens with one attached hydrogen (secondary N) is 1. The Morgan fingerprint density at radius 3 is 2.47 bits per heavy atom. The van der Waals surface area contributed by atoms with Gasteiger partial charge in [-0.2, -0.15) is 0 Å². The quantitative estimate of drug-likeness (QED) is 0.808. The zero-order valence-electron chi connectivity index (χ0n) is 12.1. The molecule has 0 aliphatic heterocycles. The Balaban J connectivity index is 2.59. The van der Waals surface area contributed by atoms with Gasteiger partial charge in [0, 0.05) is 6.54 Å². The van der Waals surface area contributed by atoms with Crippen LogP contribution in [-0.2, 0) is 6.54 Å². The lowest BCUT2D eigenvalue weighted by atomic mass is 10.2. The summed E-state index contributed by atoms with van der Waals surface area (Å²) in [5.41, 5.74) is 1.13. The fourth-order valence-electron chi connectivity index (χ4n) is 1.55. The molecule has 0 amide bonds. The van der Waals surface area contributed by atoms with Crippen molar-refractivity contribution in [2.24, 2.45) is 5.92 Å². The fraction of sp³-hybridized carbons (Fsp3) is 0.600. The van der Waals surface area contributed by atoms with E-state index in [1.807, 2.05) is 25.1 Å². The van der Waals surface area contributed by atoms with Crippen molar-refractivity contribution in [2.45, 2.75) is 46.4 Å². The molecule has 1 aromatic rings. The predicted molar refractivity (Wildman–Crippen MR) is 79.8 cm³/mol. The molecule has 19 heavy (non-hydrogen) atoms. The molecule has 3 nitrogen and oxygen atoms in total. The Labute approximate surface area is 120 Å². The first kappa shape index (κ1) is 16.3. The summed E-state index contributed by atoms with van der Waals surface area (Å²) in [5.74, 6) is 1.24. The van der Waals surface area contributed by atoms with Gasteiger partial charge < -0.3 is 15.2 Å². The first-order valence-electron chi connectivity index (χ1n) is 6.74. The average molecular weight is 286 g/mol. The van der Waals surface area contributed by atoms with Crippen molar-refractivity contribution in [2.75, 3.05) is 6.54 Å². The highest BCUT2D eigenvalue weighted by atomic mass is 35.5. The largest absolute Gasteiger partial charge is 0.486 e. The molecule has 0 radical (unpaired) electrons. The number of benzene rings is 1. The molecule has 4 heteroatoms. The van der Waals surface area contributed by atoms with Crippen LogP contribution in [0.25, 0.3) is 0 Å². The van der Waals surface area contributed by atoms with Gasteiger partial charge in [0.25, 0.3) is 0 Å². The zero-order valence-corrected chi connectivity index (χ0v) is 12.9. The number of halogens is 1. The highest BCUT2D eigenvalue weighted by molar-refractivity contribution is 6.32. The van der Waals surface area contributed by atoms with Gasteiger partial charge in [0.2, 0.25) is 0 Å². The van der Waals surface area contributed by atoms with Gasteiger partial charge in [-0.05, 0) is 44.0 Å². The Morgan fingerprint density at radius 1 is 1.26 bits per heavy atom. The van der Waals surface area contributed by atoms with Gasteiger partial charge in [0.05, 0.1) is 11.1 Å².